The van der Waals surface area contributed by atoms with Gasteiger partial charge in [0.05, 0.1) is 22.3 Å². The number of oxazole rings is 1. The third-order valence-corrected chi connectivity index (χ3v) is 9.22. The van der Waals surface area contributed by atoms with Crippen LogP contribution in [0.1, 0.15) is 41.4 Å². The minimum absolute atomic E-state index is 0.157. The van der Waals surface area contributed by atoms with Crippen LogP contribution in [0.2, 0.25) is 0 Å². The zero-order valence-corrected chi connectivity index (χ0v) is 28.7. The third-order valence-electron chi connectivity index (χ3n) is 8.23. The Morgan fingerprint density at radius 2 is 0.962 bits per heavy atom. The van der Waals surface area contributed by atoms with E-state index >= 15 is 0 Å². The van der Waals surface area contributed by atoms with E-state index in [1.54, 1.807) is 140 Å². The van der Waals surface area contributed by atoms with Crippen LogP contribution in [-0.4, -0.2) is 65.3 Å². The van der Waals surface area contributed by atoms with Gasteiger partial charge in [0, 0.05) is 0 Å². The maximum absolute atomic E-state index is 13.8. The minimum Gasteiger partial charge on any atom is -0.459 e. The van der Waals surface area contributed by atoms with E-state index in [2.05, 4.69) is 4.98 Å². The van der Waals surface area contributed by atoms with Crippen molar-refractivity contribution in [3.63, 3.8) is 0 Å². The molecule has 0 unspecified atom stereocenters. The van der Waals surface area contributed by atoms with Crippen molar-refractivity contribution < 1.29 is 47.3 Å². The van der Waals surface area contributed by atoms with E-state index < -0.39 is 60.3 Å². The molecule has 5 aromatic carbocycles. The Morgan fingerprint density at radius 1 is 0.528 bits per heavy atom. The number of carbonyl (C=O) groups is 4. The molecule has 11 nitrogen and oxygen atoms in total. The van der Waals surface area contributed by atoms with Gasteiger partial charge in [-0.05, 0) is 72.4 Å². The van der Waals surface area contributed by atoms with Crippen LogP contribution in [0.3, 0.4) is 0 Å². The zero-order valence-electron chi connectivity index (χ0n) is 27.9. The summed E-state index contributed by atoms with van der Waals surface area (Å²) in [5.74, 6) is -2.99. The standard InChI is InChI=1S/C41H31NO10S/c43-36(26-15-5-1-6-16-26)47-25-32-33(50-37(44)27-17-7-2-8-18-27)34(51-38(45)28-19-9-3-10-20-28)35(52-39(46)29-21-11-4-12-22-29)40(48-32)53-41-42-30-23-13-14-24-31(30)49-41/h1-24,32-35,40H,25H2/t32-,33+,34+,35-,40+/m0/s1. The first kappa shape index (κ1) is 35.2. The molecule has 0 saturated carbocycles. The van der Waals surface area contributed by atoms with Gasteiger partial charge >= 0.3 is 23.9 Å². The Morgan fingerprint density at radius 3 is 1.47 bits per heavy atom. The van der Waals surface area contributed by atoms with Crippen molar-refractivity contribution >= 4 is 46.7 Å². The van der Waals surface area contributed by atoms with Crippen LogP contribution in [0.4, 0.5) is 0 Å². The van der Waals surface area contributed by atoms with Crippen LogP contribution in [0.5, 0.6) is 0 Å². The number of benzene rings is 5. The Balaban J connectivity index is 1.30. The number of thioether (sulfide) groups is 1. The monoisotopic (exact) mass is 729 g/mol. The van der Waals surface area contributed by atoms with Gasteiger partial charge < -0.3 is 28.1 Å². The van der Waals surface area contributed by atoms with Crippen molar-refractivity contribution in [2.45, 2.75) is 35.1 Å². The van der Waals surface area contributed by atoms with Crippen LogP contribution in [0.15, 0.2) is 155 Å². The molecule has 1 aliphatic heterocycles. The predicted octanol–water partition coefficient (Wildman–Crippen LogP) is 7.18. The average molecular weight is 730 g/mol. The number of nitrogens with zero attached hydrogens (tertiary/aromatic N) is 1. The molecule has 12 heteroatoms. The molecule has 1 aliphatic rings. The van der Waals surface area contributed by atoms with Crippen LogP contribution < -0.4 is 0 Å². The Hall–Kier alpha value is -6.24. The van der Waals surface area contributed by atoms with Crippen LogP contribution in [0, 0.1) is 0 Å². The maximum Gasteiger partial charge on any atom is 0.338 e. The van der Waals surface area contributed by atoms with Gasteiger partial charge in [-0.25, -0.2) is 24.2 Å². The van der Waals surface area contributed by atoms with Crippen LogP contribution in [-0.2, 0) is 23.7 Å². The molecule has 7 rings (SSSR count). The lowest BCUT2D eigenvalue weighted by molar-refractivity contribution is -0.207. The van der Waals surface area contributed by atoms with Crippen LogP contribution in [0.25, 0.3) is 11.1 Å². The van der Waals surface area contributed by atoms with Gasteiger partial charge in [-0.1, -0.05) is 84.9 Å². The quantitative estimate of drug-likeness (QED) is 0.0986. The number of carbonyl (C=O) groups excluding carboxylic acids is 4. The Kier molecular flexibility index (Phi) is 10.9. The summed E-state index contributed by atoms with van der Waals surface area (Å²) in [6.45, 7) is -0.441. The number of hydrogen-bond donors (Lipinski definition) is 0. The first-order valence-electron chi connectivity index (χ1n) is 16.6. The van der Waals surface area contributed by atoms with Gasteiger partial charge in [0.1, 0.15) is 18.2 Å². The van der Waals surface area contributed by atoms with Crippen LogP contribution >= 0.6 is 11.8 Å². The molecule has 0 amide bonds. The molecular formula is C41H31NO10S. The fourth-order valence-corrected chi connectivity index (χ4v) is 6.65. The van der Waals surface area contributed by atoms with E-state index in [4.69, 9.17) is 28.1 Å². The lowest BCUT2D eigenvalue weighted by atomic mass is 9.98. The molecule has 0 radical (unpaired) electrons. The second-order valence-electron chi connectivity index (χ2n) is 11.8. The summed E-state index contributed by atoms with van der Waals surface area (Å²) in [4.78, 5) is 58.9. The lowest BCUT2D eigenvalue weighted by Crippen LogP contribution is -2.61. The number of fused-ring (bicyclic) bond motifs is 1. The van der Waals surface area contributed by atoms with Crippen molar-refractivity contribution in [3.05, 3.63) is 168 Å². The molecule has 6 aromatic rings. The van der Waals surface area contributed by atoms with E-state index in [1.807, 2.05) is 6.07 Å². The summed E-state index contributed by atoms with van der Waals surface area (Å²) in [5.41, 5.74) is 0.758. The zero-order chi connectivity index (χ0) is 36.6. The van der Waals surface area contributed by atoms with Gasteiger partial charge in [-0.3, -0.25) is 0 Å². The molecule has 1 saturated heterocycles. The number of rotatable bonds is 11. The van der Waals surface area contributed by atoms with Crippen molar-refractivity contribution in [2.75, 3.05) is 6.61 Å². The molecule has 1 fully saturated rings. The second kappa shape index (κ2) is 16.4. The molecule has 0 aliphatic carbocycles. The normalized spacial score (nSPS) is 19.5. The number of aromatic nitrogens is 1. The second-order valence-corrected chi connectivity index (χ2v) is 12.8. The SMILES string of the molecule is O=C(OC[C@@H]1O[C@H](Sc2nc3ccccc3o2)[C@@H](OC(=O)c2ccccc2)[C@H](OC(=O)c2ccccc2)[C@@H]1OC(=O)c1ccccc1)c1ccccc1. The molecule has 5 atom stereocenters. The highest BCUT2D eigenvalue weighted by molar-refractivity contribution is 7.99. The topological polar surface area (TPSA) is 140 Å². The Bertz CT molecular complexity index is 2150. The number of ether oxygens (including phenoxy) is 5. The molecule has 266 valence electrons. The Labute approximate surface area is 307 Å². The van der Waals surface area contributed by atoms with Gasteiger partial charge in [0.25, 0.3) is 5.22 Å². The number of hydrogen-bond acceptors (Lipinski definition) is 12. The van der Waals surface area contributed by atoms with Gasteiger partial charge in [-0.2, -0.15) is 0 Å². The number of para-hydroxylation sites is 2. The largest absolute Gasteiger partial charge is 0.459 e. The van der Waals surface area contributed by atoms with E-state index in [0.717, 1.165) is 11.8 Å². The predicted molar refractivity (Wildman–Crippen MR) is 192 cm³/mol. The molecule has 1 aromatic heterocycles. The van der Waals surface area contributed by atoms with E-state index in [9.17, 15) is 19.2 Å². The van der Waals surface area contributed by atoms with Crippen molar-refractivity contribution in [2.24, 2.45) is 0 Å². The summed E-state index contributed by atoms with van der Waals surface area (Å²) < 4.78 is 36.6. The van der Waals surface area contributed by atoms with Crippen molar-refractivity contribution in [3.8, 4) is 0 Å². The summed E-state index contributed by atoms with van der Waals surface area (Å²) in [6, 6.07) is 40.0. The maximum atomic E-state index is 13.8. The number of esters is 4. The summed E-state index contributed by atoms with van der Waals surface area (Å²) in [5, 5.41) is 0.157. The molecule has 2 heterocycles. The van der Waals surface area contributed by atoms with E-state index in [1.165, 1.54) is 0 Å². The fraction of sp³-hybridized carbons (Fsp3) is 0.146. The van der Waals surface area contributed by atoms with Crippen molar-refractivity contribution in [1.29, 1.82) is 0 Å². The first-order valence-corrected chi connectivity index (χ1v) is 17.5. The smallest absolute Gasteiger partial charge is 0.338 e. The van der Waals surface area contributed by atoms with E-state index in [-0.39, 0.29) is 27.5 Å². The third kappa shape index (κ3) is 8.46. The highest BCUT2D eigenvalue weighted by Gasteiger charge is 2.54. The molecule has 0 bridgehead atoms. The van der Waals surface area contributed by atoms with Gasteiger partial charge in [0.15, 0.2) is 29.3 Å². The first-order chi connectivity index (χ1) is 25.9. The molecule has 0 spiro atoms. The summed E-state index contributed by atoms with van der Waals surface area (Å²) in [6.07, 6.45) is -5.59. The summed E-state index contributed by atoms with van der Waals surface area (Å²) in [7, 11) is 0. The highest BCUT2D eigenvalue weighted by Crippen LogP contribution is 2.39. The molecule has 0 N–H and O–H groups in total. The molecular weight excluding hydrogens is 699 g/mol. The van der Waals surface area contributed by atoms with Gasteiger partial charge in [0.2, 0.25) is 0 Å². The van der Waals surface area contributed by atoms with Gasteiger partial charge in [-0.15, -0.1) is 0 Å². The average Bonchev–Trinajstić information content (AvgIpc) is 3.63. The minimum atomic E-state index is -1.49. The fourth-order valence-electron chi connectivity index (χ4n) is 5.62. The van der Waals surface area contributed by atoms with Crippen molar-refractivity contribution in [1.82, 2.24) is 4.98 Å². The summed E-state index contributed by atoms with van der Waals surface area (Å²) >= 11 is 0.964. The highest BCUT2D eigenvalue weighted by atomic mass is 32.2. The molecule has 53 heavy (non-hydrogen) atoms. The van der Waals surface area contributed by atoms with E-state index in [0.29, 0.717) is 11.1 Å². The lowest BCUT2D eigenvalue weighted by Gasteiger charge is -2.44.